The zero-order chi connectivity index (χ0) is 12.6. The average molecular weight is 240 g/mol. The average Bonchev–Trinajstić information content (AvgIpc) is 2.84. The van der Waals surface area contributed by atoms with Crippen LogP contribution < -0.4 is 5.73 Å². The molecular formula is C12H20N2O3. The second-order valence-corrected chi connectivity index (χ2v) is 5.41. The quantitative estimate of drug-likeness (QED) is 0.739. The first-order valence-electron chi connectivity index (χ1n) is 6.28. The molecule has 1 saturated carbocycles. The molecule has 2 rings (SSSR count). The molecule has 96 valence electrons. The van der Waals surface area contributed by atoms with E-state index in [1.807, 2.05) is 6.92 Å². The number of aliphatic carboxylic acids is 1. The van der Waals surface area contributed by atoms with Crippen molar-refractivity contribution in [2.45, 2.75) is 50.6 Å². The van der Waals surface area contributed by atoms with Crippen molar-refractivity contribution < 1.29 is 14.7 Å². The fourth-order valence-electron chi connectivity index (χ4n) is 3.06. The summed E-state index contributed by atoms with van der Waals surface area (Å²) in [5.74, 6) is -1.06. The van der Waals surface area contributed by atoms with Gasteiger partial charge >= 0.3 is 5.97 Å². The molecule has 17 heavy (non-hydrogen) atoms. The molecule has 0 radical (unpaired) electrons. The number of nitrogens with two attached hydrogens (primary N) is 1. The fraction of sp³-hybridized carbons (Fsp3) is 0.833. The SMILES string of the molecule is CC1CCN(C(=O)C2(N)CCCC2)C1C(=O)O. The second kappa shape index (κ2) is 4.29. The number of carbonyl (C=O) groups is 2. The number of hydrogen-bond donors (Lipinski definition) is 2. The molecule has 0 aromatic carbocycles. The summed E-state index contributed by atoms with van der Waals surface area (Å²) in [6.07, 6.45) is 4.04. The highest BCUT2D eigenvalue weighted by molar-refractivity contribution is 5.90. The van der Waals surface area contributed by atoms with Crippen molar-refractivity contribution in [1.82, 2.24) is 4.90 Å². The number of hydrogen-bond acceptors (Lipinski definition) is 3. The second-order valence-electron chi connectivity index (χ2n) is 5.41. The smallest absolute Gasteiger partial charge is 0.326 e. The van der Waals surface area contributed by atoms with Crippen LogP contribution in [-0.2, 0) is 9.59 Å². The molecule has 2 atom stereocenters. The molecular weight excluding hydrogens is 220 g/mol. The highest BCUT2D eigenvalue weighted by Crippen LogP contribution is 2.33. The first kappa shape index (κ1) is 12.4. The molecule has 1 saturated heterocycles. The molecule has 2 fully saturated rings. The van der Waals surface area contributed by atoms with Crippen LogP contribution in [0.3, 0.4) is 0 Å². The Morgan fingerprint density at radius 2 is 1.94 bits per heavy atom. The lowest BCUT2D eigenvalue weighted by atomic mass is 9.96. The predicted octanol–water partition coefficient (Wildman–Crippen LogP) is 0.579. The molecule has 1 amide bonds. The highest BCUT2D eigenvalue weighted by atomic mass is 16.4. The summed E-state index contributed by atoms with van der Waals surface area (Å²) in [4.78, 5) is 25.1. The van der Waals surface area contributed by atoms with Crippen LogP contribution >= 0.6 is 0 Å². The van der Waals surface area contributed by atoms with Crippen LogP contribution in [0.4, 0.5) is 0 Å². The molecule has 1 aliphatic carbocycles. The van der Waals surface area contributed by atoms with Gasteiger partial charge < -0.3 is 15.7 Å². The minimum absolute atomic E-state index is 0.0152. The molecule has 2 aliphatic rings. The Kier molecular flexibility index (Phi) is 3.12. The van der Waals surface area contributed by atoms with E-state index in [1.54, 1.807) is 0 Å². The first-order valence-corrected chi connectivity index (χ1v) is 6.28. The van der Waals surface area contributed by atoms with Gasteiger partial charge in [0.1, 0.15) is 6.04 Å². The minimum Gasteiger partial charge on any atom is -0.480 e. The van der Waals surface area contributed by atoms with Crippen LogP contribution in [0.25, 0.3) is 0 Å². The van der Waals surface area contributed by atoms with Crippen molar-refractivity contribution in [3.63, 3.8) is 0 Å². The van der Waals surface area contributed by atoms with Gasteiger partial charge in [-0.05, 0) is 25.2 Å². The van der Waals surface area contributed by atoms with Crippen molar-refractivity contribution in [2.75, 3.05) is 6.54 Å². The summed E-state index contributed by atoms with van der Waals surface area (Å²) in [5.41, 5.74) is 5.30. The van der Waals surface area contributed by atoms with E-state index in [-0.39, 0.29) is 11.8 Å². The van der Waals surface area contributed by atoms with Gasteiger partial charge in [-0.1, -0.05) is 19.8 Å². The van der Waals surface area contributed by atoms with Crippen LogP contribution in [0.1, 0.15) is 39.0 Å². The largest absolute Gasteiger partial charge is 0.480 e. The van der Waals surface area contributed by atoms with E-state index in [0.717, 1.165) is 19.3 Å². The van der Waals surface area contributed by atoms with Crippen molar-refractivity contribution in [1.29, 1.82) is 0 Å². The van der Waals surface area contributed by atoms with E-state index in [4.69, 9.17) is 5.73 Å². The number of rotatable bonds is 2. The summed E-state index contributed by atoms with van der Waals surface area (Å²) in [6, 6.07) is -0.691. The Bertz CT molecular complexity index is 337. The van der Waals surface area contributed by atoms with Crippen LogP contribution in [0, 0.1) is 5.92 Å². The number of amides is 1. The maximum absolute atomic E-state index is 12.4. The zero-order valence-corrected chi connectivity index (χ0v) is 10.2. The van der Waals surface area contributed by atoms with E-state index in [0.29, 0.717) is 19.4 Å². The molecule has 5 heteroatoms. The predicted molar refractivity (Wildman–Crippen MR) is 62.3 cm³/mol. The van der Waals surface area contributed by atoms with Gasteiger partial charge in [0.2, 0.25) is 5.91 Å². The maximum Gasteiger partial charge on any atom is 0.326 e. The Balaban J connectivity index is 2.16. The molecule has 5 nitrogen and oxygen atoms in total. The molecule has 3 N–H and O–H groups in total. The lowest BCUT2D eigenvalue weighted by Gasteiger charge is -2.31. The van der Waals surface area contributed by atoms with Gasteiger partial charge in [0.15, 0.2) is 0 Å². The van der Waals surface area contributed by atoms with Crippen LogP contribution in [-0.4, -0.2) is 40.0 Å². The van der Waals surface area contributed by atoms with Gasteiger partial charge in [0.05, 0.1) is 5.54 Å². The highest BCUT2D eigenvalue weighted by Gasteiger charge is 2.47. The standard InChI is InChI=1S/C12H20N2O3/c1-8-4-7-14(9(8)10(15)16)11(17)12(13)5-2-3-6-12/h8-9H,2-7,13H2,1H3,(H,15,16). The molecule has 1 aliphatic heterocycles. The van der Waals surface area contributed by atoms with Crippen molar-refractivity contribution in [3.05, 3.63) is 0 Å². The summed E-state index contributed by atoms with van der Waals surface area (Å²) >= 11 is 0. The van der Waals surface area contributed by atoms with Gasteiger partial charge in [-0.25, -0.2) is 4.79 Å². The van der Waals surface area contributed by atoms with Crippen molar-refractivity contribution in [2.24, 2.45) is 11.7 Å². The van der Waals surface area contributed by atoms with Crippen LogP contribution in [0.5, 0.6) is 0 Å². The third-order valence-corrected chi connectivity index (χ3v) is 4.14. The molecule has 0 aromatic heterocycles. The Labute approximate surface area is 101 Å². The first-order chi connectivity index (χ1) is 7.96. The van der Waals surface area contributed by atoms with Gasteiger partial charge in [0, 0.05) is 6.54 Å². The lowest BCUT2D eigenvalue weighted by Crippen LogP contribution is -2.56. The molecule has 2 unspecified atom stereocenters. The summed E-state index contributed by atoms with van der Waals surface area (Å²) in [5, 5.41) is 9.20. The van der Waals surface area contributed by atoms with E-state index in [9.17, 15) is 14.7 Å². The fourth-order valence-corrected chi connectivity index (χ4v) is 3.06. The van der Waals surface area contributed by atoms with Gasteiger partial charge in [-0.15, -0.1) is 0 Å². The maximum atomic E-state index is 12.4. The topological polar surface area (TPSA) is 83.6 Å². The van der Waals surface area contributed by atoms with Gasteiger partial charge in [0.25, 0.3) is 0 Å². The normalized spacial score (nSPS) is 31.8. The van der Waals surface area contributed by atoms with E-state index in [1.165, 1.54) is 4.90 Å². The van der Waals surface area contributed by atoms with Crippen molar-refractivity contribution in [3.8, 4) is 0 Å². The monoisotopic (exact) mass is 240 g/mol. The number of nitrogens with zero attached hydrogens (tertiary/aromatic N) is 1. The third kappa shape index (κ3) is 2.04. The lowest BCUT2D eigenvalue weighted by molar-refractivity contribution is -0.151. The van der Waals surface area contributed by atoms with E-state index in [2.05, 4.69) is 0 Å². The minimum atomic E-state index is -0.912. The van der Waals surface area contributed by atoms with Gasteiger partial charge in [-0.3, -0.25) is 4.79 Å². The Morgan fingerprint density at radius 3 is 2.47 bits per heavy atom. The number of likely N-dealkylation sites (tertiary alicyclic amines) is 1. The Morgan fingerprint density at radius 1 is 1.35 bits per heavy atom. The molecule has 0 spiro atoms. The number of carboxylic acid groups (broad SMARTS) is 1. The van der Waals surface area contributed by atoms with Gasteiger partial charge in [-0.2, -0.15) is 0 Å². The van der Waals surface area contributed by atoms with Crippen molar-refractivity contribution >= 4 is 11.9 Å². The molecule has 0 aromatic rings. The van der Waals surface area contributed by atoms with Crippen LogP contribution in [0.15, 0.2) is 0 Å². The van der Waals surface area contributed by atoms with E-state index >= 15 is 0 Å². The zero-order valence-electron chi connectivity index (χ0n) is 10.2. The number of carboxylic acids is 1. The van der Waals surface area contributed by atoms with Crippen LogP contribution in [0.2, 0.25) is 0 Å². The number of carbonyl (C=O) groups excluding carboxylic acids is 1. The Hall–Kier alpha value is -1.10. The third-order valence-electron chi connectivity index (χ3n) is 4.14. The molecule has 1 heterocycles. The summed E-state index contributed by atoms with van der Waals surface area (Å²) < 4.78 is 0. The molecule has 0 bridgehead atoms. The summed E-state index contributed by atoms with van der Waals surface area (Å²) in [6.45, 7) is 2.40. The van der Waals surface area contributed by atoms with E-state index < -0.39 is 17.6 Å². The summed E-state index contributed by atoms with van der Waals surface area (Å²) in [7, 11) is 0.